The molecule has 1 amide bonds. The zero-order valence-electron chi connectivity index (χ0n) is 17.2. The Bertz CT molecular complexity index is 984. The fourth-order valence-corrected chi connectivity index (χ4v) is 4.61. The van der Waals surface area contributed by atoms with Gasteiger partial charge in [-0.2, -0.15) is 0 Å². The zero-order chi connectivity index (χ0) is 20.4. The van der Waals surface area contributed by atoms with Gasteiger partial charge in [-0.05, 0) is 54.0 Å². The SMILES string of the molecule is CCc1cccc2c(C(CC(=O)N3CCC(C)CC3)c3ccc(Cl)cc3)c[nH]c12. The van der Waals surface area contributed by atoms with Gasteiger partial charge in [0.05, 0.1) is 0 Å². The van der Waals surface area contributed by atoms with E-state index >= 15 is 0 Å². The van der Waals surface area contributed by atoms with Crippen LogP contribution in [0.2, 0.25) is 5.02 Å². The summed E-state index contributed by atoms with van der Waals surface area (Å²) in [5.41, 5.74) is 4.82. The van der Waals surface area contributed by atoms with Gasteiger partial charge in [0.1, 0.15) is 0 Å². The van der Waals surface area contributed by atoms with Crippen molar-refractivity contribution in [2.45, 2.75) is 45.4 Å². The number of aromatic amines is 1. The van der Waals surface area contributed by atoms with E-state index in [9.17, 15) is 4.79 Å². The highest BCUT2D eigenvalue weighted by Crippen LogP contribution is 2.35. The van der Waals surface area contributed by atoms with Crippen LogP contribution < -0.4 is 0 Å². The van der Waals surface area contributed by atoms with E-state index in [1.807, 2.05) is 12.1 Å². The highest BCUT2D eigenvalue weighted by molar-refractivity contribution is 6.30. The molecule has 4 heteroatoms. The number of likely N-dealkylation sites (tertiary alicyclic amines) is 1. The molecule has 29 heavy (non-hydrogen) atoms. The average Bonchev–Trinajstić information content (AvgIpc) is 3.17. The van der Waals surface area contributed by atoms with Crippen molar-refractivity contribution in [1.29, 1.82) is 0 Å². The first-order chi connectivity index (χ1) is 14.1. The van der Waals surface area contributed by atoms with E-state index < -0.39 is 0 Å². The molecule has 0 spiro atoms. The van der Waals surface area contributed by atoms with E-state index in [1.165, 1.54) is 22.0 Å². The van der Waals surface area contributed by atoms with Crippen LogP contribution in [0.25, 0.3) is 10.9 Å². The highest BCUT2D eigenvalue weighted by Gasteiger charge is 2.26. The maximum atomic E-state index is 13.2. The molecule has 3 nitrogen and oxygen atoms in total. The average molecular weight is 409 g/mol. The summed E-state index contributed by atoms with van der Waals surface area (Å²) in [7, 11) is 0. The maximum absolute atomic E-state index is 13.2. The molecule has 2 heterocycles. The molecule has 2 aromatic carbocycles. The normalized spacial score (nSPS) is 16.3. The third-order valence-corrected chi connectivity index (χ3v) is 6.63. The number of rotatable bonds is 5. The van der Waals surface area contributed by atoms with Gasteiger partial charge < -0.3 is 9.88 Å². The minimum Gasteiger partial charge on any atom is -0.361 e. The number of hydrogen-bond acceptors (Lipinski definition) is 1. The summed E-state index contributed by atoms with van der Waals surface area (Å²) in [6, 6.07) is 14.4. The smallest absolute Gasteiger partial charge is 0.223 e. The van der Waals surface area contributed by atoms with Crippen molar-refractivity contribution in [1.82, 2.24) is 9.88 Å². The van der Waals surface area contributed by atoms with Crippen molar-refractivity contribution < 1.29 is 4.79 Å². The third kappa shape index (κ3) is 4.20. The van der Waals surface area contributed by atoms with Gasteiger partial charge in [-0.1, -0.05) is 55.8 Å². The quantitative estimate of drug-likeness (QED) is 0.538. The van der Waals surface area contributed by atoms with Crippen LogP contribution in [-0.2, 0) is 11.2 Å². The lowest BCUT2D eigenvalue weighted by molar-refractivity contribution is -0.132. The van der Waals surface area contributed by atoms with E-state index in [2.05, 4.69) is 60.3 Å². The van der Waals surface area contributed by atoms with Gasteiger partial charge in [0.25, 0.3) is 0 Å². The standard InChI is InChI=1S/C25H29ClN2O/c1-3-18-5-4-6-21-23(16-27-25(18)21)22(19-7-9-20(26)10-8-19)15-24(29)28-13-11-17(2)12-14-28/h4-10,16-17,22,27H,3,11-15H2,1-2H3. The van der Waals surface area contributed by atoms with Crippen LogP contribution in [0, 0.1) is 5.92 Å². The van der Waals surface area contributed by atoms with Gasteiger partial charge in [0, 0.05) is 47.6 Å². The maximum Gasteiger partial charge on any atom is 0.223 e. The van der Waals surface area contributed by atoms with Crippen LogP contribution in [0.1, 0.15) is 55.7 Å². The van der Waals surface area contributed by atoms with E-state index in [0.717, 1.165) is 42.9 Å². The third-order valence-electron chi connectivity index (χ3n) is 6.38. The van der Waals surface area contributed by atoms with Gasteiger partial charge in [-0.3, -0.25) is 4.79 Å². The second kappa shape index (κ2) is 8.62. The molecule has 0 bridgehead atoms. The van der Waals surface area contributed by atoms with Crippen LogP contribution in [0.15, 0.2) is 48.7 Å². The Morgan fingerprint density at radius 1 is 1.17 bits per heavy atom. The van der Waals surface area contributed by atoms with E-state index in [4.69, 9.17) is 11.6 Å². The van der Waals surface area contributed by atoms with Crippen LogP contribution >= 0.6 is 11.6 Å². The summed E-state index contributed by atoms with van der Waals surface area (Å²) >= 11 is 6.14. The summed E-state index contributed by atoms with van der Waals surface area (Å²) in [5, 5.41) is 1.93. The highest BCUT2D eigenvalue weighted by atomic mass is 35.5. The van der Waals surface area contributed by atoms with Gasteiger partial charge in [0.2, 0.25) is 5.91 Å². The lowest BCUT2D eigenvalue weighted by Gasteiger charge is -2.31. The Hall–Kier alpha value is -2.26. The number of nitrogens with zero attached hydrogens (tertiary/aromatic N) is 1. The summed E-state index contributed by atoms with van der Waals surface area (Å²) < 4.78 is 0. The molecule has 1 N–H and O–H groups in total. The topological polar surface area (TPSA) is 36.1 Å². The first-order valence-corrected chi connectivity index (χ1v) is 11.1. The second-order valence-corrected chi connectivity index (χ2v) is 8.75. The Balaban J connectivity index is 1.70. The number of H-pyrrole nitrogens is 1. The molecule has 1 aliphatic rings. The number of piperidine rings is 1. The summed E-state index contributed by atoms with van der Waals surface area (Å²) in [5.74, 6) is 0.977. The minimum absolute atomic E-state index is 0.0139. The molecule has 0 aliphatic carbocycles. The molecule has 1 aromatic heterocycles. The largest absolute Gasteiger partial charge is 0.361 e. The Morgan fingerprint density at radius 2 is 1.90 bits per heavy atom. The number of benzene rings is 2. The molecule has 1 aliphatic heterocycles. The number of fused-ring (bicyclic) bond motifs is 1. The Kier molecular flexibility index (Phi) is 5.96. The lowest BCUT2D eigenvalue weighted by Crippen LogP contribution is -2.38. The van der Waals surface area contributed by atoms with Gasteiger partial charge in [0.15, 0.2) is 0 Å². The van der Waals surface area contributed by atoms with Crippen LogP contribution in [0.4, 0.5) is 0 Å². The van der Waals surface area contributed by atoms with Crippen molar-refractivity contribution >= 4 is 28.4 Å². The molecule has 0 saturated carbocycles. The first kappa shape index (κ1) is 20.0. The van der Waals surface area contributed by atoms with Crippen molar-refractivity contribution in [3.63, 3.8) is 0 Å². The summed E-state index contributed by atoms with van der Waals surface area (Å²) in [6.45, 7) is 6.20. The number of carbonyl (C=O) groups excluding carboxylic acids is 1. The van der Waals surface area contributed by atoms with E-state index in [-0.39, 0.29) is 11.8 Å². The molecule has 1 saturated heterocycles. The number of aryl methyl sites for hydroxylation is 1. The predicted octanol–water partition coefficient (Wildman–Crippen LogP) is 6.16. The molecule has 4 rings (SSSR count). The molecule has 152 valence electrons. The fourth-order valence-electron chi connectivity index (χ4n) is 4.49. The lowest BCUT2D eigenvalue weighted by atomic mass is 9.87. The molecular formula is C25H29ClN2O. The molecule has 1 unspecified atom stereocenters. The van der Waals surface area contributed by atoms with E-state index in [1.54, 1.807) is 0 Å². The van der Waals surface area contributed by atoms with Gasteiger partial charge in [-0.25, -0.2) is 0 Å². The van der Waals surface area contributed by atoms with Crippen LogP contribution in [-0.4, -0.2) is 28.9 Å². The molecule has 3 aromatic rings. The van der Waals surface area contributed by atoms with Crippen molar-refractivity contribution in [2.24, 2.45) is 5.92 Å². The number of nitrogens with one attached hydrogen (secondary N) is 1. The van der Waals surface area contributed by atoms with Crippen molar-refractivity contribution in [3.05, 3.63) is 70.4 Å². The minimum atomic E-state index is 0.0139. The number of halogens is 1. The number of para-hydroxylation sites is 1. The molecule has 1 fully saturated rings. The monoisotopic (exact) mass is 408 g/mol. The van der Waals surface area contributed by atoms with Crippen molar-refractivity contribution in [2.75, 3.05) is 13.1 Å². The molecule has 1 atom stereocenters. The second-order valence-electron chi connectivity index (χ2n) is 8.31. The number of aromatic nitrogens is 1. The van der Waals surface area contributed by atoms with E-state index in [0.29, 0.717) is 12.3 Å². The number of carbonyl (C=O) groups is 1. The van der Waals surface area contributed by atoms with Crippen LogP contribution in [0.5, 0.6) is 0 Å². The first-order valence-electron chi connectivity index (χ1n) is 10.7. The van der Waals surface area contributed by atoms with Crippen LogP contribution in [0.3, 0.4) is 0 Å². The Labute approximate surface area is 178 Å². The summed E-state index contributed by atoms with van der Waals surface area (Å²) in [6.07, 6.45) is 5.76. The summed E-state index contributed by atoms with van der Waals surface area (Å²) in [4.78, 5) is 18.7. The zero-order valence-corrected chi connectivity index (χ0v) is 18.0. The van der Waals surface area contributed by atoms with Gasteiger partial charge in [-0.15, -0.1) is 0 Å². The number of amides is 1. The van der Waals surface area contributed by atoms with Gasteiger partial charge >= 0.3 is 0 Å². The predicted molar refractivity (Wildman–Crippen MR) is 121 cm³/mol. The fraction of sp³-hybridized carbons (Fsp3) is 0.400. The van der Waals surface area contributed by atoms with Crippen molar-refractivity contribution in [3.8, 4) is 0 Å². The molecular weight excluding hydrogens is 380 g/mol. The molecule has 0 radical (unpaired) electrons. The number of hydrogen-bond donors (Lipinski definition) is 1. The Morgan fingerprint density at radius 3 is 2.59 bits per heavy atom.